The van der Waals surface area contributed by atoms with Crippen molar-refractivity contribution in [3.8, 4) is 0 Å². The SMILES string of the molecule is CC(N)c1ccc(N2CCN(c3ccccc3)CC2)nc1. The zero-order valence-electron chi connectivity index (χ0n) is 12.4. The van der Waals surface area contributed by atoms with Gasteiger partial charge in [0.25, 0.3) is 0 Å². The molecule has 0 bridgehead atoms. The smallest absolute Gasteiger partial charge is 0.128 e. The fourth-order valence-electron chi connectivity index (χ4n) is 2.69. The number of piperazine rings is 1. The summed E-state index contributed by atoms with van der Waals surface area (Å²) in [4.78, 5) is 9.31. The van der Waals surface area contributed by atoms with Crippen molar-refractivity contribution in [1.82, 2.24) is 4.98 Å². The second-order valence-corrected chi connectivity index (χ2v) is 5.55. The number of nitrogens with two attached hydrogens (primary N) is 1. The van der Waals surface area contributed by atoms with Gasteiger partial charge in [0.2, 0.25) is 0 Å². The van der Waals surface area contributed by atoms with Crippen molar-refractivity contribution in [2.45, 2.75) is 13.0 Å². The highest BCUT2D eigenvalue weighted by Crippen LogP contribution is 2.19. The Morgan fingerprint density at radius 1 is 0.952 bits per heavy atom. The highest BCUT2D eigenvalue weighted by molar-refractivity contribution is 5.49. The second kappa shape index (κ2) is 6.14. The number of anilines is 2. The summed E-state index contributed by atoms with van der Waals surface area (Å²) in [5.41, 5.74) is 8.25. The molecule has 2 heterocycles. The van der Waals surface area contributed by atoms with Crippen LogP contribution >= 0.6 is 0 Å². The molecular weight excluding hydrogens is 260 g/mol. The third-order valence-electron chi connectivity index (χ3n) is 4.02. The number of hydrogen-bond acceptors (Lipinski definition) is 4. The van der Waals surface area contributed by atoms with Crippen molar-refractivity contribution < 1.29 is 0 Å². The standard InChI is InChI=1S/C17H22N4/c1-14(18)15-7-8-17(19-13-15)21-11-9-20(10-12-21)16-5-3-2-4-6-16/h2-8,13-14H,9-12,18H2,1H3. The summed E-state index contributed by atoms with van der Waals surface area (Å²) < 4.78 is 0. The fraction of sp³-hybridized carbons (Fsp3) is 0.353. The van der Waals surface area contributed by atoms with E-state index in [1.807, 2.05) is 13.1 Å². The van der Waals surface area contributed by atoms with E-state index in [-0.39, 0.29) is 6.04 Å². The molecule has 1 saturated heterocycles. The molecule has 0 saturated carbocycles. The van der Waals surface area contributed by atoms with Gasteiger partial charge in [-0.1, -0.05) is 24.3 Å². The number of nitrogens with zero attached hydrogens (tertiary/aromatic N) is 3. The molecule has 2 aromatic rings. The molecule has 110 valence electrons. The minimum Gasteiger partial charge on any atom is -0.368 e. The Bertz CT molecular complexity index is 557. The zero-order chi connectivity index (χ0) is 14.7. The van der Waals surface area contributed by atoms with Gasteiger partial charge >= 0.3 is 0 Å². The van der Waals surface area contributed by atoms with Crippen LogP contribution in [0.5, 0.6) is 0 Å². The van der Waals surface area contributed by atoms with E-state index in [0.717, 1.165) is 37.6 Å². The Morgan fingerprint density at radius 2 is 1.62 bits per heavy atom. The van der Waals surface area contributed by atoms with E-state index in [2.05, 4.69) is 57.2 Å². The second-order valence-electron chi connectivity index (χ2n) is 5.55. The Balaban J connectivity index is 1.63. The van der Waals surface area contributed by atoms with Crippen LogP contribution in [0.1, 0.15) is 18.5 Å². The summed E-state index contributed by atoms with van der Waals surface area (Å²) in [7, 11) is 0. The highest BCUT2D eigenvalue weighted by atomic mass is 15.3. The van der Waals surface area contributed by atoms with Crippen LogP contribution in [0.3, 0.4) is 0 Å². The van der Waals surface area contributed by atoms with Gasteiger partial charge < -0.3 is 15.5 Å². The predicted octanol–water partition coefficient (Wildman–Crippen LogP) is 2.43. The normalized spacial score (nSPS) is 16.9. The van der Waals surface area contributed by atoms with E-state index in [1.54, 1.807) is 0 Å². The number of pyridine rings is 1. The lowest BCUT2D eigenvalue weighted by molar-refractivity contribution is 0.647. The molecule has 1 unspecified atom stereocenters. The maximum atomic E-state index is 5.86. The monoisotopic (exact) mass is 282 g/mol. The molecule has 0 spiro atoms. The Labute approximate surface area is 126 Å². The third kappa shape index (κ3) is 3.16. The Hall–Kier alpha value is -2.07. The molecule has 21 heavy (non-hydrogen) atoms. The number of aromatic nitrogens is 1. The summed E-state index contributed by atoms with van der Waals surface area (Å²) in [5.74, 6) is 1.05. The van der Waals surface area contributed by atoms with Crippen LogP contribution in [-0.2, 0) is 0 Å². The number of rotatable bonds is 3. The average Bonchev–Trinajstić information content (AvgIpc) is 2.56. The van der Waals surface area contributed by atoms with Gasteiger partial charge in [0, 0.05) is 44.1 Å². The van der Waals surface area contributed by atoms with E-state index in [1.165, 1.54) is 5.69 Å². The topological polar surface area (TPSA) is 45.4 Å². The molecule has 1 atom stereocenters. The maximum absolute atomic E-state index is 5.86. The molecule has 1 aliphatic heterocycles. The van der Waals surface area contributed by atoms with Gasteiger partial charge in [-0.2, -0.15) is 0 Å². The molecule has 4 heteroatoms. The molecule has 3 rings (SSSR count). The fourth-order valence-corrected chi connectivity index (χ4v) is 2.69. The third-order valence-corrected chi connectivity index (χ3v) is 4.02. The van der Waals surface area contributed by atoms with Crippen molar-refractivity contribution in [2.75, 3.05) is 36.0 Å². The van der Waals surface area contributed by atoms with Crippen LogP contribution < -0.4 is 15.5 Å². The van der Waals surface area contributed by atoms with E-state index in [4.69, 9.17) is 5.73 Å². The van der Waals surface area contributed by atoms with Crippen LogP contribution in [-0.4, -0.2) is 31.2 Å². The van der Waals surface area contributed by atoms with Crippen molar-refractivity contribution in [3.63, 3.8) is 0 Å². The summed E-state index contributed by atoms with van der Waals surface area (Å²) in [6.45, 7) is 6.04. The van der Waals surface area contributed by atoms with Crippen LogP contribution in [0.4, 0.5) is 11.5 Å². The van der Waals surface area contributed by atoms with Crippen LogP contribution in [0.15, 0.2) is 48.7 Å². The maximum Gasteiger partial charge on any atom is 0.128 e. The lowest BCUT2D eigenvalue weighted by atomic mass is 10.1. The lowest BCUT2D eigenvalue weighted by Crippen LogP contribution is -2.46. The molecule has 1 aromatic heterocycles. The quantitative estimate of drug-likeness (QED) is 0.939. The molecule has 0 aliphatic carbocycles. The van der Waals surface area contributed by atoms with E-state index in [9.17, 15) is 0 Å². The van der Waals surface area contributed by atoms with Gasteiger partial charge in [-0.3, -0.25) is 0 Å². The highest BCUT2D eigenvalue weighted by Gasteiger charge is 2.18. The van der Waals surface area contributed by atoms with E-state index >= 15 is 0 Å². The summed E-state index contributed by atoms with van der Waals surface area (Å²) in [6, 6.07) is 14.8. The van der Waals surface area contributed by atoms with Gasteiger partial charge in [-0.15, -0.1) is 0 Å². The zero-order valence-corrected chi connectivity index (χ0v) is 12.4. The van der Waals surface area contributed by atoms with Gasteiger partial charge in [0.05, 0.1) is 0 Å². The number of para-hydroxylation sites is 1. The van der Waals surface area contributed by atoms with Crippen molar-refractivity contribution in [1.29, 1.82) is 0 Å². The summed E-state index contributed by atoms with van der Waals surface area (Å²) in [6.07, 6.45) is 1.89. The van der Waals surface area contributed by atoms with Gasteiger partial charge in [-0.05, 0) is 30.7 Å². The molecule has 0 amide bonds. The van der Waals surface area contributed by atoms with Crippen LogP contribution in [0.25, 0.3) is 0 Å². The van der Waals surface area contributed by atoms with Gasteiger partial charge in [0.1, 0.15) is 5.82 Å². The molecule has 4 nitrogen and oxygen atoms in total. The lowest BCUT2D eigenvalue weighted by Gasteiger charge is -2.36. The van der Waals surface area contributed by atoms with Crippen molar-refractivity contribution in [3.05, 3.63) is 54.2 Å². The first-order valence-electron chi connectivity index (χ1n) is 7.50. The van der Waals surface area contributed by atoms with Crippen LogP contribution in [0.2, 0.25) is 0 Å². The van der Waals surface area contributed by atoms with Crippen molar-refractivity contribution in [2.24, 2.45) is 5.73 Å². The molecule has 2 N–H and O–H groups in total. The molecule has 1 fully saturated rings. The Morgan fingerprint density at radius 3 is 2.19 bits per heavy atom. The minimum atomic E-state index is 0.0430. The average molecular weight is 282 g/mol. The van der Waals surface area contributed by atoms with Crippen molar-refractivity contribution >= 4 is 11.5 Å². The van der Waals surface area contributed by atoms with Crippen LogP contribution in [0, 0.1) is 0 Å². The van der Waals surface area contributed by atoms with E-state index < -0.39 is 0 Å². The first kappa shape index (κ1) is 13.9. The number of benzene rings is 1. The first-order valence-corrected chi connectivity index (χ1v) is 7.50. The Kier molecular flexibility index (Phi) is 4.06. The molecular formula is C17H22N4. The van der Waals surface area contributed by atoms with Gasteiger partial charge in [0.15, 0.2) is 0 Å². The largest absolute Gasteiger partial charge is 0.368 e. The minimum absolute atomic E-state index is 0.0430. The number of hydrogen-bond donors (Lipinski definition) is 1. The summed E-state index contributed by atoms with van der Waals surface area (Å²) in [5, 5.41) is 0. The first-order chi connectivity index (χ1) is 10.2. The molecule has 1 aliphatic rings. The van der Waals surface area contributed by atoms with E-state index in [0.29, 0.717) is 0 Å². The summed E-state index contributed by atoms with van der Waals surface area (Å²) >= 11 is 0. The predicted molar refractivity (Wildman–Crippen MR) is 87.7 cm³/mol. The molecule has 0 radical (unpaired) electrons. The van der Waals surface area contributed by atoms with Gasteiger partial charge in [-0.25, -0.2) is 4.98 Å². The molecule has 1 aromatic carbocycles.